The van der Waals surface area contributed by atoms with E-state index in [0.29, 0.717) is 13.3 Å². The molecule has 1 aliphatic carbocycles. The first kappa shape index (κ1) is 22.9. The molecular formula is C27H33N5OSi. The lowest BCUT2D eigenvalue weighted by molar-refractivity contribution is 0.0899. The number of benzene rings is 1. The van der Waals surface area contributed by atoms with E-state index in [1.165, 1.54) is 11.1 Å². The molecule has 3 heterocycles. The van der Waals surface area contributed by atoms with Crippen LogP contribution in [0.15, 0.2) is 61.1 Å². The zero-order valence-corrected chi connectivity index (χ0v) is 21.3. The minimum Gasteiger partial charge on any atom is -0.361 e. The molecule has 0 saturated carbocycles. The molecule has 0 spiro atoms. The van der Waals surface area contributed by atoms with Crippen LogP contribution in [-0.4, -0.2) is 40.7 Å². The summed E-state index contributed by atoms with van der Waals surface area (Å²) in [6.45, 7) is 8.92. The monoisotopic (exact) mass is 471 g/mol. The second kappa shape index (κ2) is 9.06. The van der Waals surface area contributed by atoms with Crippen LogP contribution in [-0.2, 0) is 29.7 Å². The number of ether oxygens (including phenoxy) is 1. The van der Waals surface area contributed by atoms with Crippen molar-refractivity contribution in [2.24, 2.45) is 5.73 Å². The van der Waals surface area contributed by atoms with Gasteiger partial charge in [0.2, 0.25) is 0 Å². The van der Waals surface area contributed by atoms with Crippen LogP contribution in [0.2, 0.25) is 25.7 Å². The lowest BCUT2D eigenvalue weighted by Gasteiger charge is -2.27. The average molecular weight is 472 g/mol. The van der Waals surface area contributed by atoms with Gasteiger partial charge in [-0.3, -0.25) is 4.98 Å². The molecule has 5 rings (SSSR count). The van der Waals surface area contributed by atoms with Crippen molar-refractivity contribution in [2.75, 3.05) is 13.2 Å². The minimum atomic E-state index is -1.11. The summed E-state index contributed by atoms with van der Waals surface area (Å²) < 4.78 is 8.01. The highest BCUT2D eigenvalue weighted by atomic mass is 28.3. The molecule has 0 radical (unpaired) electrons. The summed E-state index contributed by atoms with van der Waals surface area (Å²) in [6.07, 6.45) is 5.48. The third kappa shape index (κ3) is 4.43. The molecule has 7 heteroatoms. The van der Waals surface area contributed by atoms with Crippen molar-refractivity contribution in [1.82, 2.24) is 19.5 Å². The quantitative estimate of drug-likeness (QED) is 0.295. The maximum atomic E-state index is 6.37. The summed E-state index contributed by atoms with van der Waals surface area (Å²) in [5.41, 5.74) is 12.5. The third-order valence-corrected chi connectivity index (χ3v) is 8.59. The molecule has 34 heavy (non-hydrogen) atoms. The molecule has 1 aromatic carbocycles. The van der Waals surface area contributed by atoms with Gasteiger partial charge in [-0.15, -0.1) is 0 Å². The fourth-order valence-electron chi connectivity index (χ4n) is 4.84. The van der Waals surface area contributed by atoms with E-state index in [0.717, 1.165) is 53.6 Å². The van der Waals surface area contributed by atoms with Gasteiger partial charge in [-0.25, -0.2) is 9.97 Å². The largest absolute Gasteiger partial charge is 0.361 e. The van der Waals surface area contributed by atoms with Gasteiger partial charge in [0.25, 0.3) is 0 Å². The number of fused-ring (bicyclic) bond motifs is 2. The van der Waals surface area contributed by atoms with E-state index < -0.39 is 8.07 Å². The first-order valence-electron chi connectivity index (χ1n) is 12.0. The topological polar surface area (TPSA) is 78.9 Å². The van der Waals surface area contributed by atoms with Gasteiger partial charge in [0.15, 0.2) is 0 Å². The van der Waals surface area contributed by atoms with Crippen molar-refractivity contribution in [3.05, 3.63) is 77.9 Å². The summed E-state index contributed by atoms with van der Waals surface area (Å²) in [5, 5.41) is 0.984. The SMILES string of the molecule is C[Si](C)(C)CCOCn1ccc2c(-c3cccc(C4(CN)Cc5ccccc5C4)n3)ncnc21. The number of aromatic nitrogens is 4. The van der Waals surface area contributed by atoms with E-state index >= 15 is 0 Å². The normalized spacial score (nSPS) is 15.1. The van der Waals surface area contributed by atoms with Gasteiger partial charge in [0.1, 0.15) is 24.4 Å². The highest BCUT2D eigenvalue weighted by molar-refractivity contribution is 6.76. The Morgan fingerprint density at radius 3 is 2.47 bits per heavy atom. The molecule has 3 aromatic heterocycles. The van der Waals surface area contributed by atoms with Gasteiger partial charge >= 0.3 is 0 Å². The molecule has 0 saturated heterocycles. The fourth-order valence-corrected chi connectivity index (χ4v) is 5.60. The Kier molecular flexibility index (Phi) is 6.10. The van der Waals surface area contributed by atoms with Crippen LogP contribution in [0.25, 0.3) is 22.4 Å². The molecular weight excluding hydrogens is 438 g/mol. The van der Waals surface area contributed by atoms with Crippen molar-refractivity contribution < 1.29 is 4.74 Å². The van der Waals surface area contributed by atoms with Crippen LogP contribution in [0.5, 0.6) is 0 Å². The molecule has 0 fully saturated rings. The van der Waals surface area contributed by atoms with Gasteiger partial charge < -0.3 is 15.0 Å². The van der Waals surface area contributed by atoms with Gasteiger partial charge in [0.05, 0.1) is 5.69 Å². The minimum absolute atomic E-state index is 0.179. The van der Waals surface area contributed by atoms with Gasteiger partial charge in [-0.2, -0.15) is 0 Å². The lowest BCUT2D eigenvalue weighted by atomic mass is 9.81. The maximum Gasteiger partial charge on any atom is 0.145 e. The van der Waals surface area contributed by atoms with Crippen molar-refractivity contribution in [3.8, 4) is 11.4 Å². The summed E-state index contributed by atoms with van der Waals surface area (Å²) in [5.74, 6) is 0. The summed E-state index contributed by atoms with van der Waals surface area (Å²) in [7, 11) is -1.11. The number of pyridine rings is 1. The van der Waals surface area contributed by atoms with Crippen molar-refractivity contribution in [2.45, 2.75) is 50.7 Å². The van der Waals surface area contributed by atoms with Crippen LogP contribution in [0.3, 0.4) is 0 Å². The fraction of sp³-hybridized carbons (Fsp3) is 0.370. The van der Waals surface area contributed by atoms with Crippen LogP contribution in [0.4, 0.5) is 0 Å². The molecule has 4 aromatic rings. The third-order valence-electron chi connectivity index (χ3n) is 6.88. The Bertz CT molecular complexity index is 1280. The molecule has 0 bridgehead atoms. The van der Waals surface area contributed by atoms with Crippen LogP contribution < -0.4 is 5.73 Å². The van der Waals surface area contributed by atoms with E-state index in [1.54, 1.807) is 6.33 Å². The van der Waals surface area contributed by atoms with E-state index in [4.69, 9.17) is 15.5 Å². The average Bonchev–Trinajstić information content (AvgIpc) is 3.43. The highest BCUT2D eigenvalue weighted by Crippen LogP contribution is 2.39. The predicted octanol–water partition coefficient (Wildman–Crippen LogP) is 4.80. The summed E-state index contributed by atoms with van der Waals surface area (Å²) in [4.78, 5) is 14.3. The molecule has 6 nitrogen and oxygen atoms in total. The first-order valence-corrected chi connectivity index (χ1v) is 15.7. The highest BCUT2D eigenvalue weighted by Gasteiger charge is 2.39. The standard InChI is InChI=1S/C27H33N5OSi/c1-34(2,3)14-13-33-19-32-12-11-22-25(29-18-30-26(22)32)23-9-6-10-24(31-23)27(17-28)15-20-7-4-5-8-21(20)16-27/h4-12,18H,13-17,19,28H2,1-3H3. The number of hydrogen-bond acceptors (Lipinski definition) is 5. The van der Waals surface area contributed by atoms with E-state index in [2.05, 4.69) is 72.1 Å². The lowest BCUT2D eigenvalue weighted by Crippen LogP contribution is -2.37. The Labute approximate surface area is 202 Å². The molecule has 1 aliphatic rings. The molecule has 0 aliphatic heterocycles. The maximum absolute atomic E-state index is 6.37. The van der Waals surface area contributed by atoms with Crippen molar-refractivity contribution in [1.29, 1.82) is 0 Å². The van der Waals surface area contributed by atoms with Crippen molar-refractivity contribution >= 4 is 19.1 Å². The molecule has 0 unspecified atom stereocenters. The van der Waals surface area contributed by atoms with E-state index in [1.807, 2.05) is 16.8 Å². The molecule has 0 atom stereocenters. The van der Waals surface area contributed by atoms with E-state index in [-0.39, 0.29) is 5.41 Å². The summed E-state index contributed by atoms with van der Waals surface area (Å²) in [6, 6.07) is 18.0. The van der Waals surface area contributed by atoms with Crippen LogP contribution in [0.1, 0.15) is 16.8 Å². The zero-order chi connectivity index (χ0) is 23.8. The molecule has 0 amide bonds. The Morgan fingerprint density at radius 2 is 1.76 bits per heavy atom. The number of rotatable bonds is 8. The van der Waals surface area contributed by atoms with Gasteiger partial charge in [-0.05, 0) is 48.2 Å². The smallest absolute Gasteiger partial charge is 0.145 e. The number of nitrogens with zero attached hydrogens (tertiary/aromatic N) is 4. The second-order valence-corrected chi connectivity index (χ2v) is 16.2. The second-order valence-electron chi connectivity index (χ2n) is 10.6. The number of hydrogen-bond donors (Lipinski definition) is 1. The number of nitrogens with two attached hydrogens (primary N) is 1. The van der Waals surface area contributed by atoms with Crippen molar-refractivity contribution in [3.63, 3.8) is 0 Å². The van der Waals surface area contributed by atoms with Gasteiger partial charge in [0, 0.05) is 43.9 Å². The van der Waals surface area contributed by atoms with E-state index in [9.17, 15) is 0 Å². The van der Waals surface area contributed by atoms with Crippen LogP contribution in [0, 0.1) is 0 Å². The Hall–Kier alpha value is -2.87. The Morgan fingerprint density at radius 1 is 1.00 bits per heavy atom. The predicted molar refractivity (Wildman–Crippen MR) is 139 cm³/mol. The van der Waals surface area contributed by atoms with Gasteiger partial charge in [-0.1, -0.05) is 50.0 Å². The summed E-state index contributed by atoms with van der Waals surface area (Å²) >= 11 is 0. The van der Waals surface area contributed by atoms with Crippen LogP contribution >= 0.6 is 0 Å². The first-order chi connectivity index (χ1) is 16.4. The zero-order valence-electron chi connectivity index (χ0n) is 20.3. The Balaban J connectivity index is 1.43. The molecule has 2 N–H and O–H groups in total. The molecule has 176 valence electrons.